The maximum Gasteiger partial charge on any atom is 0.323 e. The third-order valence-corrected chi connectivity index (χ3v) is 4.33. The molecule has 6 nitrogen and oxygen atoms in total. The van der Waals surface area contributed by atoms with E-state index in [1.807, 2.05) is 30.3 Å². The van der Waals surface area contributed by atoms with Crippen molar-refractivity contribution in [2.24, 2.45) is 5.73 Å². The molecule has 0 saturated carbocycles. The average molecular weight is 334 g/mol. The molecule has 6 heteroatoms. The quantitative estimate of drug-likeness (QED) is 0.764. The van der Waals surface area contributed by atoms with Crippen LogP contribution >= 0.6 is 0 Å². The van der Waals surface area contributed by atoms with Gasteiger partial charge in [-0.2, -0.15) is 0 Å². The maximum absolute atomic E-state index is 12.2. The van der Waals surface area contributed by atoms with Gasteiger partial charge in [0.15, 0.2) is 0 Å². The fraction of sp³-hybridized carbons (Fsp3) is 0.556. The van der Waals surface area contributed by atoms with E-state index in [2.05, 4.69) is 0 Å². The highest BCUT2D eigenvalue weighted by Gasteiger charge is 2.24. The Morgan fingerprint density at radius 1 is 1.29 bits per heavy atom. The van der Waals surface area contributed by atoms with E-state index in [9.17, 15) is 9.59 Å². The number of hydrogen-bond donors (Lipinski definition) is 1. The molecule has 1 atom stereocenters. The lowest BCUT2D eigenvalue weighted by molar-refractivity contribution is -0.146. The number of nitrogens with two attached hydrogens (primary N) is 1. The Hall–Kier alpha value is -1.92. The minimum Gasteiger partial charge on any atom is -0.460 e. The Morgan fingerprint density at radius 2 is 1.96 bits per heavy atom. The van der Waals surface area contributed by atoms with Crippen LogP contribution in [0.2, 0.25) is 0 Å². The molecule has 24 heavy (non-hydrogen) atoms. The van der Waals surface area contributed by atoms with Gasteiger partial charge in [0.1, 0.15) is 12.6 Å². The van der Waals surface area contributed by atoms with Crippen LogP contribution in [0.15, 0.2) is 30.3 Å². The van der Waals surface area contributed by atoms with Gasteiger partial charge in [-0.25, -0.2) is 0 Å². The zero-order valence-electron chi connectivity index (χ0n) is 14.1. The first-order valence-corrected chi connectivity index (χ1v) is 8.37. The molecule has 1 aliphatic rings. The Labute approximate surface area is 142 Å². The molecule has 1 heterocycles. The molecule has 0 spiro atoms. The maximum atomic E-state index is 12.2. The Kier molecular flexibility index (Phi) is 7.21. The predicted molar refractivity (Wildman–Crippen MR) is 90.1 cm³/mol. The van der Waals surface area contributed by atoms with Crippen molar-refractivity contribution in [3.05, 3.63) is 35.9 Å². The number of amides is 1. The summed E-state index contributed by atoms with van der Waals surface area (Å²) in [6.45, 7) is 1.57. The standard InChI is InChI=1S/C18H26N2O4/c1-20(15-9-11-23-12-10-15)17(21)8-7-16(19)18(22)24-13-14-5-3-2-4-6-14/h2-6,15-16H,7-13,19H2,1H3/t16-/m1/s1. The highest BCUT2D eigenvalue weighted by atomic mass is 16.5. The number of hydrogen-bond acceptors (Lipinski definition) is 5. The van der Waals surface area contributed by atoms with Crippen molar-refractivity contribution >= 4 is 11.9 Å². The molecule has 1 fully saturated rings. The molecular formula is C18H26N2O4. The minimum atomic E-state index is -0.777. The summed E-state index contributed by atoms with van der Waals surface area (Å²) in [4.78, 5) is 25.9. The lowest BCUT2D eigenvalue weighted by atomic mass is 10.1. The van der Waals surface area contributed by atoms with Crippen LogP contribution in [0.4, 0.5) is 0 Å². The van der Waals surface area contributed by atoms with E-state index in [1.54, 1.807) is 11.9 Å². The van der Waals surface area contributed by atoms with Gasteiger partial charge in [0.2, 0.25) is 5.91 Å². The summed E-state index contributed by atoms with van der Waals surface area (Å²) in [5.41, 5.74) is 6.75. The topological polar surface area (TPSA) is 81.9 Å². The SMILES string of the molecule is CN(C(=O)CC[C@@H](N)C(=O)OCc1ccccc1)C1CCOCC1. The summed E-state index contributed by atoms with van der Waals surface area (Å²) in [6.07, 6.45) is 2.25. The summed E-state index contributed by atoms with van der Waals surface area (Å²) < 4.78 is 10.5. The third-order valence-electron chi connectivity index (χ3n) is 4.33. The number of nitrogens with zero attached hydrogens (tertiary/aromatic N) is 1. The van der Waals surface area contributed by atoms with E-state index in [-0.39, 0.29) is 25.0 Å². The van der Waals surface area contributed by atoms with Crippen molar-refractivity contribution in [2.75, 3.05) is 20.3 Å². The van der Waals surface area contributed by atoms with Gasteiger partial charge in [-0.05, 0) is 24.8 Å². The van der Waals surface area contributed by atoms with Crippen molar-refractivity contribution in [3.63, 3.8) is 0 Å². The van der Waals surface area contributed by atoms with Crippen molar-refractivity contribution in [3.8, 4) is 0 Å². The molecule has 0 aromatic heterocycles. The first-order valence-electron chi connectivity index (χ1n) is 8.37. The van der Waals surface area contributed by atoms with Crippen LogP contribution in [-0.2, 0) is 25.7 Å². The van der Waals surface area contributed by atoms with Gasteiger partial charge in [-0.15, -0.1) is 0 Å². The molecule has 1 aliphatic heterocycles. The van der Waals surface area contributed by atoms with Crippen LogP contribution in [0, 0.1) is 0 Å². The van der Waals surface area contributed by atoms with Crippen molar-refractivity contribution in [1.29, 1.82) is 0 Å². The number of carbonyl (C=O) groups is 2. The summed E-state index contributed by atoms with van der Waals surface area (Å²) in [5, 5.41) is 0. The van der Waals surface area contributed by atoms with Gasteiger partial charge in [0, 0.05) is 32.7 Å². The molecule has 2 N–H and O–H groups in total. The van der Waals surface area contributed by atoms with Gasteiger partial charge in [-0.1, -0.05) is 30.3 Å². The molecule has 0 bridgehead atoms. The van der Waals surface area contributed by atoms with Gasteiger partial charge in [-0.3, -0.25) is 9.59 Å². The number of benzene rings is 1. The molecular weight excluding hydrogens is 308 g/mol. The fourth-order valence-electron chi connectivity index (χ4n) is 2.68. The first-order chi connectivity index (χ1) is 11.6. The van der Waals surface area contributed by atoms with Gasteiger partial charge >= 0.3 is 5.97 Å². The first kappa shape index (κ1) is 18.4. The van der Waals surface area contributed by atoms with E-state index in [1.165, 1.54) is 0 Å². The Balaban J connectivity index is 1.70. The molecule has 0 radical (unpaired) electrons. The third kappa shape index (κ3) is 5.62. The fourth-order valence-corrected chi connectivity index (χ4v) is 2.68. The summed E-state index contributed by atoms with van der Waals surface area (Å²) in [5.74, 6) is -0.464. The van der Waals surface area contributed by atoms with Crippen molar-refractivity contribution in [2.45, 2.75) is 44.4 Å². The Morgan fingerprint density at radius 3 is 2.62 bits per heavy atom. The summed E-state index contributed by atoms with van der Waals surface area (Å²) >= 11 is 0. The molecule has 0 unspecified atom stereocenters. The lowest BCUT2D eigenvalue weighted by Gasteiger charge is -2.31. The normalized spacial score (nSPS) is 16.4. The molecule has 2 rings (SSSR count). The molecule has 132 valence electrons. The molecule has 0 aliphatic carbocycles. The van der Waals surface area contributed by atoms with Crippen molar-refractivity contribution < 1.29 is 19.1 Å². The van der Waals surface area contributed by atoms with E-state index in [0.29, 0.717) is 19.6 Å². The van der Waals surface area contributed by atoms with E-state index >= 15 is 0 Å². The highest BCUT2D eigenvalue weighted by molar-refractivity contribution is 5.79. The second-order valence-corrected chi connectivity index (χ2v) is 6.09. The van der Waals surface area contributed by atoms with Crippen LogP contribution in [0.1, 0.15) is 31.2 Å². The zero-order valence-corrected chi connectivity index (χ0v) is 14.1. The van der Waals surface area contributed by atoms with Crippen LogP contribution in [0.5, 0.6) is 0 Å². The number of rotatable bonds is 7. The number of ether oxygens (including phenoxy) is 2. The highest BCUT2D eigenvalue weighted by Crippen LogP contribution is 2.14. The average Bonchev–Trinajstić information content (AvgIpc) is 2.64. The number of esters is 1. The number of carbonyl (C=O) groups excluding carboxylic acids is 2. The molecule has 1 aromatic carbocycles. The van der Waals surface area contributed by atoms with E-state index in [0.717, 1.165) is 18.4 Å². The lowest BCUT2D eigenvalue weighted by Crippen LogP contribution is -2.41. The zero-order chi connectivity index (χ0) is 17.4. The van der Waals surface area contributed by atoms with E-state index < -0.39 is 12.0 Å². The summed E-state index contributed by atoms with van der Waals surface area (Å²) in [7, 11) is 1.80. The predicted octanol–water partition coefficient (Wildman–Crippen LogP) is 1.47. The molecule has 1 amide bonds. The Bertz CT molecular complexity index is 529. The minimum absolute atomic E-state index is 0.00760. The van der Waals surface area contributed by atoms with E-state index in [4.69, 9.17) is 15.2 Å². The van der Waals surface area contributed by atoms with Gasteiger partial charge in [0.25, 0.3) is 0 Å². The molecule has 1 saturated heterocycles. The van der Waals surface area contributed by atoms with Crippen molar-refractivity contribution in [1.82, 2.24) is 4.90 Å². The van der Waals surface area contributed by atoms with Gasteiger partial charge in [0.05, 0.1) is 0 Å². The largest absolute Gasteiger partial charge is 0.460 e. The smallest absolute Gasteiger partial charge is 0.323 e. The summed E-state index contributed by atoms with van der Waals surface area (Å²) in [6, 6.07) is 8.86. The van der Waals surface area contributed by atoms with Crippen LogP contribution in [0.3, 0.4) is 0 Å². The van der Waals surface area contributed by atoms with Crippen LogP contribution < -0.4 is 5.73 Å². The monoisotopic (exact) mass is 334 g/mol. The second-order valence-electron chi connectivity index (χ2n) is 6.09. The van der Waals surface area contributed by atoms with Gasteiger partial charge < -0.3 is 20.1 Å². The molecule has 1 aromatic rings. The van der Waals surface area contributed by atoms with Crippen LogP contribution in [0.25, 0.3) is 0 Å². The second kappa shape index (κ2) is 9.39. The van der Waals surface area contributed by atoms with Crippen LogP contribution in [-0.4, -0.2) is 49.1 Å².